The molecule has 2 N–H and O–H groups in total. The van der Waals surface area contributed by atoms with Crippen molar-refractivity contribution in [2.45, 2.75) is 12.5 Å². The summed E-state index contributed by atoms with van der Waals surface area (Å²) in [6, 6.07) is 6.55. The van der Waals surface area contributed by atoms with Gasteiger partial charge in [-0.1, -0.05) is 0 Å². The Morgan fingerprint density at radius 2 is 2.00 bits per heavy atom. The van der Waals surface area contributed by atoms with Crippen LogP contribution in [0.25, 0.3) is 0 Å². The predicted octanol–water partition coefficient (Wildman–Crippen LogP) is 1.54. The van der Waals surface area contributed by atoms with Crippen molar-refractivity contribution in [1.82, 2.24) is 15.5 Å². The number of urea groups is 1. The Morgan fingerprint density at radius 3 is 2.70 bits per heavy atom. The first-order valence-corrected chi connectivity index (χ1v) is 7.02. The van der Waals surface area contributed by atoms with Crippen molar-refractivity contribution in [3.63, 3.8) is 0 Å². The predicted molar refractivity (Wildman–Crippen MR) is 81.3 cm³/mol. The molecule has 1 aromatic carbocycles. The maximum absolute atomic E-state index is 12.9. The number of rotatable bonds is 3. The first kappa shape index (κ1) is 14.9. The van der Waals surface area contributed by atoms with Crippen molar-refractivity contribution >= 4 is 23.3 Å². The van der Waals surface area contributed by atoms with E-state index in [4.69, 9.17) is 0 Å². The summed E-state index contributed by atoms with van der Waals surface area (Å²) in [6.07, 6.45) is 3.08. The molecule has 118 valence electrons. The van der Waals surface area contributed by atoms with Crippen LogP contribution in [0.2, 0.25) is 0 Å². The molecule has 2 aromatic rings. The van der Waals surface area contributed by atoms with Crippen molar-refractivity contribution in [2.75, 3.05) is 16.8 Å². The third-order valence-electron chi connectivity index (χ3n) is 3.44. The van der Waals surface area contributed by atoms with Crippen LogP contribution in [0.5, 0.6) is 0 Å². The normalized spacial score (nSPS) is 17.2. The molecule has 1 atom stereocenters. The van der Waals surface area contributed by atoms with E-state index in [0.29, 0.717) is 17.9 Å². The molecular formula is C15H14FN5O2. The molecule has 0 radical (unpaired) electrons. The van der Waals surface area contributed by atoms with Crippen LogP contribution in [0.4, 0.5) is 20.6 Å². The Labute approximate surface area is 131 Å². The van der Waals surface area contributed by atoms with E-state index in [-0.39, 0.29) is 24.2 Å². The van der Waals surface area contributed by atoms with E-state index in [1.165, 1.54) is 29.4 Å². The lowest BCUT2D eigenvalue weighted by Crippen LogP contribution is -2.39. The van der Waals surface area contributed by atoms with Gasteiger partial charge in [-0.15, -0.1) is 0 Å². The zero-order valence-electron chi connectivity index (χ0n) is 12.1. The van der Waals surface area contributed by atoms with Crippen molar-refractivity contribution in [3.05, 3.63) is 48.5 Å². The maximum Gasteiger partial charge on any atom is 0.319 e. The molecule has 0 saturated carbocycles. The Balaban J connectivity index is 1.59. The van der Waals surface area contributed by atoms with E-state index in [0.717, 1.165) is 0 Å². The second kappa shape index (κ2) is 6.39. The largest absolute Gasteiger partial charge is 0.333 e. The first-order chi connectivity index (χ1) is 11.1. The molecule has 0 spiro atoms. The number of benzene rings is 1. The molecule has 8 heteroatoms. The summed E-state index contributed by atoms with van der Waals surface area (Å²) in [5.41, 5.74) is 1.12. The van der Waals surface area contributed by atoms with E-state index in [2.05, 4.69) is 20.8 Å². The highest BCUT2D eigenvalue weighted by Gasteiger charge is 2.31. The lowest BCUT2D eigenvalue weighted by atomic mass is 10.2. The third-order valence-corrected chi connectivity index (χ3v) is 3.44. The van der Waals surface area contributed by atoms with Gasteiger partial charge in [-0.3, -0.25) is 4.79 Å². The molecular weight excluding hydrogens is 301 g/mol. The van der Waals surface area contributed by atoms with Gasteiger partial charge in [-0.25, -0.2) is 9.18 Å². The van der Waals surface area contributed by atoms with Gasteiger partial charge in [0.05, 0.1) is 24.1 Å². The molecule has 1 aliphatic heterocycles. The van der Waals surface area contributed by atoms with Gasteiger partial charge < -0.3 is 15.5 Å². The van der Waals surface area contributed by atoms with Crippen LogP contribution >= 0.6 is 0 Å². The minimum absolute atomic E-state index is 0.118. The van der Waals surface area contributed by atoms with Crippen LogP contribution in [-0.4, -0.2) is 34.7 Å². The van der Waals surface area contributed by atoms with Gasteiger partial charge in [0.1, 0.15) is 5.82 Å². The lowest BCUT2D eigenvalue weighted by molar-refractivity contribution is -0.117. The number of anilines is 2. The van der Waals surface area contributed by atoms with E-state index in [1.54, 1.807) is 18.2 Å². The molecule has 0 bridgehead atoms. The number of halogens is 1. The van der Waals surface area contributed by atoms with Crippen LogP contribution in [-0.2, 0) is 4.79 Å². The highest BCUT2D eigenvalue weighted by atomic mass is 19.1. The molecule has 2 heterocycles. The molecule has 1 aliphatic rings. The molecule has 3 rings (SSSR count). The lowest BCUT2D eigenvalue weighted by Gasteiger charge is -2.17. The fraction of sp³-hybridized carbons (Fsp3) is 0.200. The summed E-state index contributed by atoms with van der Waals surface area (Å²) < 4.78 is 12.9. The van der Waals surface area contributed by atoms with Gasteiger partial charge in [0.25, 0.3) is 0 Å². The Bertz CT molecular complexity index is 708. The van der Waals surface area contributed by atoms with Gasteiger partial charge in [0.2, 0.25) is 5.91 Å². The summed E-state index contributed by atoms with van der Waals surface area (Å²) in [6.45, 7) is 0.340. The highest BCUT2D eigenvalue weighted by molar-refractivity contribution is 5.97. The minimum atomic E-state index is -0.420. The SMILES string of the molecule is O=C(Nc1ccnnc1)NC1CC(=O)N(c2ccc(F)cc2)C1. The average Bonchev–Trinajstić information content (AvgIpc) is 2.89. The van der Waals surface area contributed by atoms with Crippen molar-refractivity contribution in [1.29, 1.82) is 0 Å². The van der Waals surface area contributed by atoms with Gasteiger partial charge in [0.15, 0.2) is 0 Å². The second-order valence-corrected chi connectivity index (χ2v) is 5.11. The zero-order chi connectivity index (χ0) is 16.2. The summed E-state index contributed by atoms with van der Waals surface area (Å²) in [4.78, 5) is 25.5. The fourth-order valence-corrected chi connectivity index (χ4v) is 2.39. The Kier molecular flexibility index (Phi) is 4.13. The number of hydrogen-bond acceptors (Lipinski definition) is 4. The van der Waals surface area contributed by atoms with Crippen LogP contribution in [0, 0.1) is 5.82 Å². The van der Waals surface area contributed by atoms with Crippen molar-refractivity contribution in [2.24, 2.45) is 0 Å². The van der Waals surface area contributed by atoms with Crippen LogP contribution in [0.15, 0.2) is 42.7 Å². The number of amides is 3. The van der Waals surface area contributed by atoms with Gasteiger partial charge in [-0.05, 0) is 30.3 Å². The van der Waals surface area contributed by atoms with Crippen LogP contribution < -0.4 is 15.5 Å². The summed E-state index contributed by atoms with van der Waals surface area (Å²) in [5, 5.41) is 12.6. The molecule has 7 nitrogen and oxygen atoms in total. The summed E-state index contributed by atoms with van der Waals surface area (Å²) in [5.74, 6) is -0.479. The number of carbonyl (C=O) groups is 2. The average molecular weight is 315 g/mol. The standard InChI is InChI=1S/C15H14FN5O2/c16-10-1-3-13(4-2-10)21-9-12(7-14(21)22)20-15(23)19-11-5-6-17-18-8-11/h1-6,8,12H,7,9H2,(H2,17,19,20,23). The summed E-state index contributed by atoms with van der Waals surface area (Å²) >= 11 is 0. The van der Waals surface area contributed by atoms with E-state index >= 15 is 0 Å². The first-order valence-electron chi connectivity index (χ1n) is 7.02. The quantitative estimate of drug-likeness (QED) is 0.899. The monoisotopic (exact) mass is 315 g/mol. The van der Waals surface area contributed by atoms with E-state index < -0.39 is 6.03 Å². The van der Waals surface area contributed by atoms with Gasteiger partial charge >= 0.3 is 6.03 Å². The Morgan fingerprint density at radius 1 is 1.22 bits per heavy atom. The fourth-order valence-electron chi connectivity index (χ4n) is 2.39. The number of nitrogens with one attached hydrogen (secondary N) is 2. The molecule has 0 aliphatic carbocycles. The minimum Gasteiger partial charge on any atom is -0.333 e. The number of aromatic nitrogens is 2. The third kappa shape index (κ3) is 3.60. The van der Waals surface area contributed by atoms with Gasteiger partial charge in [-0.2, -0.15) is 10.2 Å². The zero-order valence-corrected chi connectivity index (χ0v) is 12.1. The second-order valence-electron chi connectivity index (χ2n) is 5.11. The van der Waals surface area contributed by atoms with E-state index in [1.807, 2.05) is 0 Å². The number of hydrogen-bond donors (Lipinski definition) is 2. The van der Waals surface area contributed by atoms with Crippen LogP contribution in [0.1, 0.15) is 6.42 Å². The van der Waals surface area contributed by atoms with Crippen LogP contribution in [0.3, 0.4) is 0 Å². The molecule has 1 aromatic heterocycles. The van der Waals surface area contributed by atoms with Crippen molar-refractivity contribution < 1.29 is 14.0 Å². The molecule has 23 heavy (non-hydrogen) atoms. The van der Waals surface area contributed by atoms with E-state index in [9.17, 15) is 14.0 Å². The summed E-state index contributed by atoms with van der Waals surface area (Å²) in [7, 11) is 0. The van der Waals surface area contributed by atoms with Gasteiger partial charge in [0, 0.05) is 18.7 Å². The molecule has 1 fully saturated rings. The molecule has 1 unspecified atom stereocenters. The number of carbonyl (C=O) groups excluding carboxylic acids is 2. The highest BCUT2D eigenvalue weighted by Crippen LogP contribution is 2.21. The topological polar surface area (TPSA) is 87.2 Å². The maximum atomic E-state index is 12.9. The Hall–Kier alpha value is -3.03. The molecule has 3 amide bonds. The molecule has 1 saturated heterocycles. The number of nitrogens with zero attached hydrogens (tertiary/aromatic N) is 3. The van der Waals surface area contributed by atoms with Crippen molar-refractivity contribution in [3.8, 4) is 0 Å². The smallest absolute Gasteiger partial charge is 0.319 e.